The Balaban J connectivity index is 2.56. The van der Waals surface area contributed by atoms with Crippen LogP contribution in [0.2, 0.25) is 0 Å². The van der Waals surface area contributed by atoms with Crippen LogP contribution >= 0.6 is 0 Å². The Kier molecular flexibility index (Phi) is 4.78. The van der Waals surface area contributed by atoms with Crippen LogP contribution in [-0.2, 0) is 4.79 Å². The minimum absolute atomic E-state index is 0.0318. The van der Waals surface area contributed by atoms with Gasteiger partial charge in [0.2, 0.25) is 5.91 Å². The summed E-state index contributed by atoms with van der Waals surface area (Å²) in [6, 6.07) is -0.446. The van der Waals surface area contributed by atoms with Gasteiger partial charge in [0.05, 0.1) is 6.04 Å². The number of rotatable bonds is 4. The van der Waals surface area contributed by atoms with Crippen LogP contribution in [-0.4, -0.2) is 43.0 Å². The summed E-state index contributed by atoms with van der Waals surface area (Å²) in [6.07, 6.45) is 4.81. The summed E-state index contributed by atoms with van der Waals surface area (Å²) >= 11 is 0. The highest BCUT2D eigenvalue weighted by Gasteiger charge is 2.37. The van der Waals surface area contributed by atoms with Gasteiger partial charge in [-0.15, -0.1) is 0 Å². The molecule has 4 heteroatoms. The van der Waals surface area contributed by atoms with Gasteiger partial charge >= 0.3 is 0 Å². The lowest BCUT2D eigenvalue weighted by atomic mass is 9.86. The molecule has 106 valence electrons. The summed E-state index contributed by atoms with van der Waals surface area (Å²) in [7, 11) is 4.20. The fourth-order valence-corrected chi connectivity index (χ4v) is 2.57. The van der Waals surface area contributed by atoms with Crippen molar-refractivity contribution >= 4 is 5.91 Å². The molecular formula is C14H29N3O. The van der Waals surface area contributed by atoms with Crippen LogP contribution in [0.1, 0.15) is 46.5 Å². The zero-order valence-electron chi connectivity index (χ0n) is 12.5. The van der Waals surface area contributed by atoms with Crippen molar-refractivity contribution in [2.45, 2.75) is 58.0 Å². The van der Waals surface area contributed by atoms with Gasteiger partial charge in [-0.2, -0.15) is 0 Å². The predicted octanol–water partition coefficient (Wildman–Crippen LogP) is 1.35. The lowest BCUT2D eigenvalue weighted by Gasteiger charge is -2.37. The Morgan fingerprint density at radius 1 is 1.33 bits per heavy atom. The third-order valence-corrected chi connectivity index (χ3v) is 4.29. The zero-order chi connectivity index (χ0) is 14.0. The van der Waals surface area contributed by atoms with Crippen LogP contribution in [0.15, 0.2) is 0 Å². The molecule has 0 heterocycles. The molecule has 1 aliphatic rings. The first-order valence-corrected chi connectivity index (χ1v) is 6.90. The average molecular weight is 255 g/mol. The maximum absolute atomic E-state index is 12.1. The van der Waals surface area contributed by atoms with E-state index < -0.39 is 6.04 Å². The Bertz CT molecular complexity index is 288. The van der Waals surface area contributed by atoms with E-state index in [4.69, 9.17) is 5.73 Å². The van der Waals surface area contributed by atoms with Crippen molar-refractivity contribution < 1.29 is 4.79 Å². The summed E-state index contributed by atoms with van der Waals surface area (Å²) < 4.78 is 0. The number of carbonyl (C=O) groups is 1. The maximum Gasteiger partial charge on any atom is 0.237 e. The van der Waals surface area contributed by atoms with Crippen LogP contribution in [0.5, 0.6) is 0 Å². The van der Waals surface area contributed by atoms with Crippen molar-refractivity contribution in [2.75, 3.05) is 20.6 Å². The SMILES string of the molecule is CN(C)C1(CNC(=O)[C@H](N)C(C)(C)C)CCCC1. The van der Waals surface area contributed by atoms with E-state index in [1.165, 1.54) is 12.8 Å². The van der Waals surface area contributed by atoms with Gasteiger partial charge < -0.3 is 16.0 Å². The molecule has 1 amide bonds. The molecule has 0 bridgehead atoms. The van der Waals surface area contributed by atoms with E-state index in [1.54, 1.807) is 0 Å². The summed E-state index contributed by atoms with van der Waals surface area (Å²) in [5.74, 6) is -0.0318. The number of likely N-dealkylation sites (N-methyl/N-ethyl adjacent to an activating group) is 1. The second-order valence-electron chi connectivity index (χ2n) is 6.89. The fourth-order valence-electron chi connectivity index (χ4n) is 2.57. The van der Waals surface area contributed by atoms with Crippen molar-refractivity contribution in [1.29, 1.82) is 0 Å². The van der Waals surface area contributed by atoms with E-state index >= 15 is 0 Å². The smallest absolute Gasteiger partial charge is 0.237 e. The predicted molar refractivity (Wildman–Crippen MR) is 75.3 cm³/mol. The third-order valence-electron chi connectivity index (χ3n) is 4.29. The molecule has 0 spiro atoms. The molecule has 0 aromatic heterocycles. The molecular weight excluding hydrogens is 226 g/mol. The highest BCUT2D eigenvalue weighted by molar-refractivity contribution is 5.82. The Morgan fingerprint density at radius 2 is 1.83 bits per heavy atom. The molecule has 0 unspecified atom stereocenters. The lowest BCUT2D eigenvalue weighted by Crippen LogP contribution is -2.55. The molecule has 0 aromatic rings. The standard InChI is InChI=1S/C14H29N3O/c1-13(2,3)11(15)12(18)16-10-14(17(4)5)8-6-7-9-14/h11H,6-10,15H2,1-5H3,(H,16,18)/t11-/m0/s1. The minimum Gasteiger partial charge on any atom is -0.353 e. The molecule has 0 aliphatic heterocycles. The quantitative estimate of drug-likeness (QED) is 0.797. The average Bonchev–Trinajstić information content (AvgIpc) is 2.73. The highest BCUT2D eigenvalue weighted by atomic mass is 16.2. The highest BCUT2D eigenvalue weighted by Crippen LogP contribution is 2.33. The van der Waals surface area contributed by atoms with E-state index in [0.29, 0.717) is 6.54 Å². The van der Waals surface area contributed by atoms with Gasteiger partial charge in [-0.3, -0.25) is 4.79 Å². The summed E-state index contributed by atoms with van der Waals surface area (Å²) in [5, 5.41) is 3.05. The number of carbonyl (C=O) groups excluding carboxylic acids is 1. The van der Waals surface area contributed by atoms with Crippen LogP contribution in [0.25, 0.3) is 0 Å². The van der Waals surface area contributed by atoms with Gasteiger partial charge in [-0.25, -0.2) is 0 Å². The van der Waals surface area contributed by atoms with Crippen molar-refractivity contribution in [3.8, 4) is 0 Å². The second kappa shape index (κ2) is 5.57. The van der Waals surface area contributed by atoms with Crippen LogP contribution in [0, 0.1) is 5.41 Å². The molecule has 0 aromatic carbocycles. The van der Waals surface area contributed by atoms with Crippen LogP contribution in [0.3, 0.4) is 0 Å². The largest absolute Gasteiger partial charge is 0.353 e. The van der Waals surface area contributed by atoms with E-state index in [9.17, 15) is 4.79 Å². The minimum atomic E-state index is -0.446. The Hall–Kier alpha value is -0.610. The third kappa shape index (κ3) is 3.45. The molecule has 1 rings (SSSR count). The molecule has 1 atom stereocenters. The van der Waals surface area contributed by atoms with Gasteiger partial charge in [-0.05, 0) is 32.4 Å². The number of nitrogens with two attached hydrogens (primary N) is 1. The van der Waals surface area contributed by atoms with Gasteiger partial charge in [0.1, 0.15) is 0 Å². The van der Waals surface area contributed by atoms with Gasteiger partial charge in [0, 0.05) is 12.1 Å². The molecule has 1 saturated carbocycles. The summed E-state index contributed by atoms with van der Waals surface area (Å²) in [4.78, 5) is 14.3. The molecule has 1 fully saturated rings. The Labute approximate surface area is 111 Å². The fraction of sp³-hybridized carbons (Fsp3) is 0.929. The van der Waals surface area contributed by atoms with E-state index in [-0.39, 0.29) is 16.9 Å². The summed E-state index contributed by atoms with van der Waals surface area (Å²) in [6.45, 7) is 6.69. The molecule has 18 heavy (non-hydrogen) atoms. The van der Waals surface area contributed by atoms with E-state index in [2.05, 4.69) is 24.3 Å². The van der Waals surface area contributed by atoms with Gasteiger partial charge in [0.15, 0.2) is 0 Å². The number of hydrogen-bond acceptors (Lipinski definition) is 3. The van der Waals surface area contributed by atoms with Crippen molar-refractivity contribution in [3.63, 3.8) is 0 Å². The first kappa shape index (κ1) is 15.4. The Morgan fingerprint density at radius 3 is 2.22 bits per heavy atom. The van der Waals surface area contributed by atoms with E-state index in [1.807, 2.05) is 20.8 Å². The number of nitrogens with zero attached hydrogens (tertiary/aromatic N) is 1. The molecule has 0 radical (unpaired) electrons. The molecule has 0 saturated heterocycles. The number of hydrogen-bond donors (Lipinski definition) is 2. The second-order valence-corrected chi connectivity index (χ2v) is 6.89. The molecule has 4 nitrogen and oxygen atoms in total. The first-order valence-electron chi connectivity index (χ1n) is 6.90. The number of amides is 1. The lowest BCUT2D eigenvalue weighted by molar-refractivity contribution is -0.125. The van der Waals surface area contributed by atoms with Crippen LogP contribution in [0.4, 0.5) is 0 Å². The van der Waals surface area contributed by atoms with Gasteiger partial charge in [0.25, 0.3) is 0 Å². The van der Waals surface area contributed by atoms with Crippen molar-refractivity contribution in [3.05, 3.63) is 0 Å². The van der Waals surface area contributed by atoms with Gasteiger partial charge in [-0.1, -0.05) is 33.6 Å². The number of nitrogens with one attached hydrogen (secondary N) is 1. The summed E-state index contributed by atoms with van der Waals surface area (Å²) in [5.41, 5.74) is 5.92. The first-order chi connectivity index (χ1) is 8.19. The monoisotopic (exact) mass is 255 g/mol. The van der Waals surface area contributed by atoms with E-state index in [0.717, 1.165) is 12.8 Å². The normalized spacial score (nSPS) is 21.1. The molecule has 3 N–H and O–H groups in total. The van der Waals surface area contributed by atoms with Crippen LogP contribution < -0.4 is 11.1 Å². The maximum atomic E-state index is 12.1. The topological polar surface area (TPSA) is 58.4 Å². The van der Waals surface area contributed by atoms with Crippen molar-refractivity contribution in [1.82, 2.24) is 10.2 Å². The zero-order valence-corrected chi connectivity index (χ0v) is 12.5. The molecule has 1 aliphatic carbocycles. The van der Waals surface area contributed by atoms with Crippen molar-refractivity contribution in [2.24, 2.45) is 11.1 Å².